The van der Waals surface area contributed by atoms with E-state index in [4.69, 9.17) is 23.2 Å². The van der Waals surface area contributed by atoms with Crippen LogP contribution >= 0.6 is 23.2 Å². The van der Waals surface area contributed by atoms with Crippen LogP contribution in [0.1, 0.15) is 17.4 Å². The predicted octanol–water partition coefficient (Wildman–Crippen LogP) is 4.30. The van der Waals surface area contributed by atoms with Crippen molar-refractivity contribution in [2.45, 2.75) is 13.1 Å². The highest BCUT2D eigenvalue weighted by Gasteiger charge is 2.25. The maximum absolute atomic E-state index is 12.6. The lowest BCUT2D eigenvalue weighted by atomic mass is 10.1. The first-order valence-corrected chi connectivity index (χ1v) is 8.99. The van der Waals surface area contributed by atoms with Crippen LogP contribution in [0.2, 0.25) is 10.0 Å². The summed E-state index contributed by atoms with van der Waals surface area (Å²) in [7, 11) is 0. The van der Waals surface area contributed by atoms with E-state index in [9.17, 15) is 4.79 Å². The molecule has 0 saturated carbocycles. The molecular weight excluding hydrogens is 385 g/mol. The van der Waals surface area contributed by atoms with Crippen molar-refractivity contribution in [1.82, 2.24) is 9.55 Å². The minimum atomic E-state index is -0.552. The van der Waals surface area contributed by atoms with E-state index >= 15 is 0 Å². The van der Waals surface area contributed by atoms with Gasteiger partial charge in [0.1, 0.15) is 0 Å². The van der Waals surface area contributed by atoms with Crippen LogP contribution in [0.3, 0.4) is 0 Å². The summed E-state index contributed by atoms with van der Waals surface area (Å²) in [5.74, 6) is 0.829. The van der Waals surface area contributed by atoms with Crippen LogP contribution < -0.4 is 16.2 Å². The van der Waals surface area contributed by atoms with Crippen molar-refractivity contribution < 1.29 is 0 Å². The highest BCUT2D eigenvalue weighted by molar-refractivity contribution is 6.44. The van der Waals surface area contributed by atoms with Gasteiger partial charge in [-0.05, 0) is 24.6 Å². The molecule has 0 unspecified atom stereocenters. The van der Waals surface area contributed by atoms with Gasteiger partial charge in [0.25, 0.3) is 5.56 Å². The van der Waals surface area contributed by atoms with Crippen molar-refractivity contribution >= 4 is 40.8 Å². The fraction of sp³-hybridized carbons (Fsp3) is 0.105. The molecule has 1 aliphatic heterocycles. The average Bonchev–Trinajstić information content (AvgIpc) is 2.65. The zero-order valence-corrected chi connectivity index (χ0v) is 15.8. The van der Waals surface area contributed by atoms with Crippen LogP contribution in [0.25, 0.3) is 0 Å². The Bertz CT molecular complexity index is 1090. The number of nitrogens with zero attached hydrogens (tertiary/aromatic N) is 3. The van der Waals surface area contributed by atoms with Crippen molar-refractivity contribution in [1.29, 1.82) is 0 Å². The summed E-state index contributed by atoms with van der Waals surface area (Å²) < 4.78 is 1.52. The Morgan fingerprint density at radius 3 is 2.67 bits per heavy atom. The minimum Gasteiger partial charge on any atom is -0.325 e. The second-order valence-corrected chi connectivity index (χ2v) is 6.83. The first-order valence-electron chi connectivity index (χ1n) is 8.24. The lowest BCUT2D eigenvalue weighted by Crippen LogP contribution is -2.37. The molecule has 0 aliphatic carbocycles. The topological polar surface area (TPSA) is 71.3 Å². The van der Waals surface area contributed by atoms with Crippen molar-refractivity contribution in [3.05, 3.63) is 86.3 Å². The monoisotopic (exact) mass is 399 g/mol. The van der Waals surface area contributed by atoms with Crippen molar-refractivity contribution in [3.63, 3.8) is 0 Å². The molecule has 8 heteroatoms. The number of guanidine groups is 1. The fourth-order valence-corrected chi connectivity index (χ4v) is 3.24. The Morgan fingerprint density at radius 2 is 1.89 bits per heavy atom. The van der Waals surface area contributed by atoms with Crippen LogP contribution in [-0.4, -0.2) is 15.5 Å². The number of aryl methyl sites for hydroxylation is 1. The second kappa shape index (κ2) is 7.06. The predicted molar refractivity (Wildman–Crippen MR) is 109 cm³/mol. The lowest BCUT2D eigenvalue weighted by Gasteiger charge is -2.27. The highest BCUT2D eigenvalue weighted by atomic mass is 35.5. The van der Waals surface area contributed by atoms with E-state index < -0.39 is 6.17 Å². The van der Waals surface area contributed by atoms with E-state index in [1.54, 1.807) is 25.1 Å². The van der Waals surface area contributed by atoms with E-state index in [0.717, 1.165) is 5.56 Å². The summed E-state index contributed by atoms with van der Waals surface area (Å²) in [5, 5.41) is 7.02. The quantitative estimate of drug-likeness (QED) is 0.673. The summed E-state index contributed by atoms with van der Waals surface area (Å²) in [6.45, 7) is 1.77. The zero-order chi connectivity index (χ0) is 19.0. The van der Waals surface area contributed by atoms with Crippen molar-refractivity contribution in [2.24, 2.45) is 4.99 Å². The molecule has 0 saturated heterocycles. The van der Waals surface area contributed by atoms with Crippen molar-refractivity contribution in [3.8, 4) is 0 Å². The van der Waals surface area contributed by atoms with Crippen LogP contribution in [0.15, 0.2) is 64.4 Å². The van der Waals surface area contributed by atoms with E-state index in [2.05, 4.69) is 20.6 Å². The molecule has 0 amide bonds. The smallest absolute Gasteiger partial charge is 0.257 e. The highest BCUT2D eigenvalue weighted by Crippen LogP contribution is 2.31. The Labute approximate surface area is 165 Å². The first-order chi connectivity index (χ1) is 13.0. The summed E-state index contributed by atoms with van der Waals surface area (Å²) in [6, 6.07) is 16.3. The summed E-state index contributed by atoms with van der Waals surface area (Å²) in [4.78, 5) is 21.7. The summed E-state index contributed by atoms with van der Waals surface area (Å²) >= 11 is 12.4. The molecule has 0 spiro atoms. The van der Waals surface area contributed by atoms with Crippen LogP contribution in [0, 0.1) is 6.92 Å². The van der Waals surface area contributed by atoms with Gasteiger partial charge in [-0.3, -0.25) is 14.7 Å². The molecule has 136 valence electrons. The Balaban J connectivity index is 1.81. The molecule has 2 aromatic carbocycles. The molecule has 1 aliphatic rings. The van der Waals surface area contributed by atoms with Crippen molar-refractivity contribution in [2.75, 3.05) is 10.6 Å². The molecule has 6 nitrogen and oxygen atoms in total. The van der Waals surface area contributed by atoms with Gasteiger partial charge in [-0.2, -0.15) is 0 Å². The van der Waals surface area contributed by atoms with E-state index in [1.807, 2.05) is 30.3 Å². The van der Waals surface area contributed by atoms with Gasteiger partial charge in [-0.15, -0.1) is 0 Å². The molecule has 0 bridgehead atoms. The number of anilines is 2. The van der Waals surface area contributed by atoms with Gasteiger partial charge in [0, 0.05) is 11.8 Å². The third-order valence-corrected chi connectivity index (χ3v) is 4.93. The second-order valence-electron chi connectivity index (χ2n) is 6.04. The lowest BCUT2D eigenvalue weighted by molar-refractivity contribution is 0.577. The van der Waals surface area contributed by atoms with E-state index in [-0.39, 0.29) is 5.56 Å². The zero-order valence-electron chi connectivity index (χ0n) is 14.3. The first kappa shape index (κ1) is 17.6. The number of fused-ring (bicyclic) bond motifs is 1. The number of nitrogens with one attached hydrogen (secondary N) is 2. The van der Waals surface area contributed by atoms with Gasteiger partial charge in [0.15, 0.2) is 6.17 Å². The van der Waals surface area contributed by atoms with Crippen LogP contribution in [-0.2, 0) is 0 Å². The van der Waals surface area contributed by atoms with Gasteiger partial charge in [-0.1, -0.05) is 59.6 Å². The van der Waals surface area contributed by atoms with Gasteiger partial charge < -0.3 is 5.32 Å². The Kier molecular flexibility index (Phi) is 4.59. The third-order valence-electron chi connectivity index (χ3n) is 4.11. The Hall–Kier alpha value is -2.83. The standard InChI is InChI=1S/C19H15Cl2N5O/c1-11-10-15(27)26-17(12-6-3-2-4-7-12)24-18(25-19(26)22-11)23-14-9-5-8-13(20)16(14)21/h2-10,17H,1H3,(H2,22,23,24,25)/t17-/m1/s1. The molecule has 1 aromatic heterocycles. The molecule has 1 atom stereocenters. The number of benzene rings is 2. The largest absolute Gasteiger partial charge is 0.325 e. The minimum absolute atomic E-state index is 0.178. The number of rotatable bonds is 2. The SMILES string of the molecule is Cc1cc(=O)n2c(n1)NC(Nc1cccc(Cl)c1Cl)=N[C@H]2c1ccccc1. The van der Waals surface area contributed by atoms with Gasteiger partial charge in [0.05, 0.1) is 15.7 Å². The molecule has 0 radical (unpaired) electrons. The number of hydrogen-bond acceptors (Lipinski definition) is 5. The molecular formula is C19H15Cl2N5O. The Morgan fingerprint density at radius 1 is 1.11 bits per heavy atom. The van der Waals surface area contributed by atoms with Gasteiger partial charge in [0.2, 0.25) is 11.9 Å². The molecule has 3 aromatic rings. The molecule has 2 N–H and O–H groups in total. The normalized spacial score (nSPS) is 15.5. The van der Waals surface area contributed by atoms with Gasteiger partial charge >= 0.3 is 0 Å². The number of halogens is 2. The molecule has 4 rings (SSSR count). The maximum Gasteiger partial charge on any atom is 0.257 e. The maximum atomic E-state index is 12.6. The average molecular weight is 400 g/mol. The van der Waals surface area contributed by atoms with Crippen LogP contribution in [0.4, 0.5) is 11.6 Å². The fourth-order valence-electron chi connectivity index (χ4n) is 2.89. The summed E-state index contributed by atoms with van der Waals surface area (Å²) in [6.07, 6.45) is -0.552. The van der Waals surface area contributed by atoms with Crippen LogP contribution in [0.5, 0.6) is 0 Å². The molecule has 2 heterocycles. The number of hydrogen-bond donors (Lipinski definition) is 2. The van der Waals surface area contributed by atoms with E-state index in [0.29, 0.717) is 33.3 Å². The number of aliphatic imine (C=N–C) groups is 1. The van der Waals surface area contributed by atoms with E-state index in [1.165, 1.54) is 10.6 Å². The molecule has 0 fully saturated rings. The third kappa shape index (κ3) is 3.41. The number of aromatic nitrogens is 2. The summed E-state index contributed by atoms with van der Waals surface area (Å²) in [5.41, 5.74) is 1.91. The molecule has 27 heavy (non-hydrogen) atoms. The van der Waals surface area contributed by atoms with Gasteiger partial charge in [-0.25, -0.2) is 9.98 Å².